The van der Waals surface area contributed by atoms with Crippen molar-refractivity contribution in [2.24, 2.45) is 0 Å². The third-order valence-electron chi connectivity index (χ3n) is 2.39. The van der Waals surface area contributed by atoms with Crippen LogP contribution in [0.2, 0.25) is 0 Å². The highest BCUT2D eigenvalue weighted by molar-refractivity contribution is 5.29. The summed E-state index contributed by atoms with van der Waals surface area (Å²) in [6.07, 6.45) is 0.921. The van der Waals surface area contributed by atoms with E-state index in [4.69, 9.17) is 0 Å². The molecule has 0 spiro atoms. The number of aliphatic hydroxyl groups is 1. The van der Waals surface area contributed by atoms with E-state index in [1.807, 2.05) is 18.5 Å². The van der Waals surface area contributed by atoms with Crippen molar-refractivity contribution in [2.45, 2.75) is 39.8 Å². The molecule has 14 heavy (non-hydrogen) atoms. The third kappa shape index (κ3) is 1.73. The summed E-state index contributed by atoms with van der Waals surface area (Å²) in [6, 6.07) is 0.319. The number of hydrogen-bond donors (Lipinski definition) is 1. The number of aryl methyl sites for hydroxylation is 1. The van der Waals surface area contributed by atoms with Gasteiger partial charge in [0, 0.05) is 17.3 Å². The minimum Gasteiger partial charge on any atom is -0.384 e. The van der Waals surface area contributed by atoms with Crippen LogP contribution in [0.1, 0.15) is 42.9 Å². The zero-order valence-corrected chi connectivity index (χ0v) is 9.28. The Kier molecular flexibility index (Phi) is 3.11. The first-order chi connectivity index (χ1) is 6.49. The molecule has 0 bridgehead atoms. The van der Waals surface area contributed by atoms with Crippen LogP contribution in [0, 0.1) is 13.8 Å². The molecule has 1 unspecified atom stereocenters. The first-order valence-corrected chi connectivity index (χ1v) is 4.85. The summed E-state index contributed by atoms with van der Waals surface area (Å²) in [5, 5.41) is 14.1. The van der Waals surface area contributed by atoms with Crippen LogP contribution in [0.15, 0.2) is 12.7 Å². The van der Waals surface area contributed by atoms with Gasteiger partial charge in [-0.05, 0) is 27.7 Å². The Balaban J connectivity index is 3.24. The quantitative estimate of drug-likeness (QED) is 0.750. The Bertz CT molecular complexity index is 339. The van der Waals surface area contributed by atoms with Crippen LogP contribution >= 0.6 is 0 Å². The van der Waals surface area contributed by atoms with E-state index in [9.17, 15) is 5.11 Å². The van der Waals surface area contributed by atoms with E-state index in [0.717, 1.165) is 17.0 Å². The number of nitrogens with zero attached hydrogens (tertiary/aromatic N) is 2. The van der Waals surface area contributed by atoms with Crippen molar-refractivity contribution in [3.63, 3.8) is 0 Å². The summed E-state index contributed by atoms with van der Waals surface area (Å²) >= 11 is 0. The van der Waals surface area contributed by atoms with Gasteiger partial charge >= 0.3 is 0 Å². The van der Waals surface area contributed by atoms with Crippen LogP contribution < -0.4 is 0 Å². The Morgan fingerprint density at radius 2 is 2.00 bits per heavy atom. The summed E-state index contributed by atoms with van der Waals surface area (Å²) in [4.78, 5) is 0. The molecule has 3 nitrogen and oxygen atoms in total. The second kappa shape index (κ2) is 3.96. The van der Waals surface area contributed by atoms with Gasteiger partial charge in [-0.3, -0.25) is 4.68 Å². The Hall–Kier alpha value is -1.09. The SMILES string of the molecule is C=CC(O)c1c(C)nn(C(C)C)c1C. The average Bonchev–Trinajstić information content (AvgIpc) is 2.41. The molecule has 0 amide bonds. The molecule has 0 saturated heterocycles. The predicted molar refractivity (Wildman–Crippen MR) is 57.2 cm³/mol. The fourth-order valence-corrected chi connectivity index (χ4v) is 1.72. The molecule has 3 heteroatoms. The third-order valence-corrected chi connectivity index (χ3v) is 2.39. The molecule has 1 N–H and O–H groups in total. The molecule has 1 heterocycles. The number of hydrogen-bond acceptors (Lipinski definition) is 2. The molecule has 0 fully saturated rings. The van der Waals surface area contributed by atoms with Gasteiger partial charge in [0.25, 0.3) is 0 Å². The second-order valence-corrected chi connectivity index (χ2v) is 3.80. The van der Waals surface area contributed by atoms with E-state index >= 15 is 0 Å². The molecule has 1 atom stereocenters. The second-order valence-electron chi connectivity index (χ2n) is 3.80. The molecule has 1 aromatic rings. The fraction of sp³-hybridized carbons (Fsp3) is 0.545. The highest BCUT2D eigenvalue weighted by Crippen LogP contribution is 2.24. The van der Waals surface area contributed by atoms with E-state index in [-0.39, 0.29) is 0 Å². The fourth-order valence-electron chi connectivity index (χ4n) is 1.72. The van der Waals surface area contributed by atoms with Gasteiger partial charge in [-0.2, -0.15) is 5.10 Å². The number of aliphatic hydroxyl groups excluding tert-OH is 1. The van der Waals surface area contributed by atoms with Crippen LogP contribution in [-0.2, 0) is 0 Å². The largest absolute Gasteiger partial charge is 0.384 e. The van der Waals surface area contributed by atoms with E-state index in [1.165, 1.54) is 6.08 Å². The molecule has 1 aromatic heterocycles. The summed E-state index contributed by atoms with van der Waals surface area (Å²) in [5.41, 5.74) is 2.78. The maximum absolute atomic E-state index is 9.71. The monoisotopic (exact) mass is 194 g/mol. The van der Waals surface area contributed by atoms with Gasteiger partial charge in [0.15, 0.2) is 0 Å². The van der Waals surface area contributed by atoms with Gasteiger partial charge in [-0.1, -0.05) is 6.08 Å². The van der Waals surface area contributed by atoms with Crippen molar-refractivity contribution in [1.82, 2.24) is 9.78 Å². The van der Waals surface area contributed by atoms with Crippen LogP contribution in [0.4, 0.5) is 0 Å². The molecule has 1 rings (SSSR count). The van der Waals surface area contributed by atoms with Crippen LogP contribution in [0.5, 0.6) is 0 Å². The van der Waals surface area contributed by atoms with Gasteiger partial charge in [0.1, 0.15) is 6.10 Å². The molecule has 78 valence electrons. The maximum atomic E-state index is 9.71. The van der Waals surface area contributed by atoms with Crippen LogP contribution in [0.3, 0.4) is 0 Å². The average molecular weight is 194 g/mol. The van der Waals surface area contributed by atoms with Crippen LogP contribution in [0.25, 0.3) is 0 Å². The topological polar surface area (TPSA) is 38.1 Å². The van der Waals surface area contributed by atoms with E-state index in [1.54, 1.807) is 0 Å². The smallest absolute Gasteiger partial charge is 0.100 e. The lowest BCUT2D eigenvalue weighted by molar-refractivity contribution is 0.227. The summed E-state index contributed by atoms with van der Waals surface area (Å²) in [7, 11) is 0. The molecule has 0 radical (unpaired) electrons. The first kappa shape index (κ1) is 11.0. The molecule has 0 aliphatic rings. The maximum Gasteiger partial charge on any atom is 0.100 e. The van der Waals surface area contributed by atoms with Gasteiger partial charge in [-0.15, -0.1) is 6.58 Å². The Morgan fingerprint density at radius 3 is 2.36 bits per heavy atom. The Labute approximate surface area is 85.1 Å². The van der Waals surface area contributed by atoms with Crippen molar-refractivity contribution in [3.8, 4) is 0 Å². The number of rotatable bonds is 3. The molecule has 0 aliphatic heterocycles. The summed E-state index contributed by atoms with van der Waals surface area (Å²) in [6.45, 7) is 11.6. The molecule has 0 aromatic carbocycles. The highest BCUT2D eigenvalue weighted by Gasteiger charge is 2.17. The van der Waals surface area contributed by atoms with Crippen molar-refractivity contribution >= 4 is 0 Å². The normalized spacial score (nSPS) is 13.3. The molecule has 0 saturated carbocycles. The minimum absolute atomic E-state index is 0.319. The first-order valence-electron chi connectivity index (χ1n) is 4.85. The van der Waals surface area contributed by atoms with Crippen LogP contribution in [-0.4, -0.2) is 14.9 Å². The number of aromatic nitrogens is 2. The van der Waals surface area contributed by atoms with E-state index < -0.39 is 6.10 Å². The van der Waals surface area contributed by atoms with Crippen molar-refractivity contribution in [2.75, 3.05) is 0 Å². The zero-order valence-electron chi connectivity index (χ0n) is 9.28. The standard InChI is InChI=1S/C11H18N2O/c1-6-10(14)11-8(4)12-13(7(2)3)9(11)5/h6-7,10,14H,1H2,2-5H3. The lowest BCUT2D eigenvalue weighted by Crippen LogP contribution is -2.05. The lowest BCUT2D eigenvalue weighted by Gasteiger charge is -2.09. The van der Waals surface area contributed by atoms with E-state index in [0.29, 0.717) is 6.04 Å². The van der Waals surface area contributed by atoms with Gasteiger partial charge in [-0.25, -0.2) is 0 Å². The van der Waals surface area contributed by atoms with E-state index in [2.05, 4.69) is 25.5 Å². The highest BCUT2D eigenvalue weighted by atomic mass is 16.3. The molecule has 0 aliphatic carbocycles. The van der Waals surface area contributed by atoms with Crippen molar-refractivity contribution in [1.29, 1.82) is 0 Å². The van der Waals surface area contributed by atoms with Crippen molar-refractivity contribution in [3.05, 3.63) is 29.6 Å². The lowest BCUT2D eigenvalue weighted by atomic mass is 10.1. The summed E-state index contributed by atoms with van der Waals surface area (Å²) < 4.78 is 1.93. The summed E-state index contributed by atoms with van der Waals surface area (Å²) in [5.74, 6) is 0. The van der Waals surface area contributed by atoms with Gasteiger partial charge in [0.05, 0.1) is 5.69 Å². The minimum atomic E-state index is -0.609. The predicted octanol–water partition coefficient (Wildman–Crippen LogP) is 2.30. The van der Waals surface area contributed by atoms with Gasteiger partial charge < -0.3 is 5.11 Å². The zero-order chi connectivity index (χ0) is 10.9. The molecular weight excluding hydrogens is 176 g/mol. The molecular formula is C11H18N2O. The van der Waals surface area contributed by atoms with Gasteiger partial charge in [0.2, 0.25) is 0 Å². The van der Waals surface area contributed by atoms with Crippen molar-refractivity contribution < 1.29 is 5.11 Å². The Morgan fingerprint density at radius 1 is 1.43 bits per heavy atom.